The van der Waals surface area contributed by atoms with Crippen molar-refractivity contribution in [1.29, 1.82) is 0 Å². The van der Waals surface area contributed by atoms with Crippen LogP contribution in [-0.4, -0.2) is 17.0 Å². The summed E-state index contributed by atoms with van der Waals surface area (Å²) in [4.78, 5) is 24.4. The summed E-state index contributed by atoms with van der Waals surface area (Å²) in [5, 5.41) is 12.2. The lowest BCUT2D eigenvalue weighted by Gasteiger charge is -2.17. The van der Waals surface area contributed by atoms with E-state index in [9.17, 15) is 19.1 Å². The Bertz CT molecular complexity index is 910. The third kappa shape index (κ3) is 2.59. The van der Waals surface area contributed by atoms with Crippen molar-refractivity contribution >= 4 is 11.9 Å². The molecular weight excluding hydrogens is 333 g/mol. The molecule has 1 fully saturated rings. The largest absolute Gasteiger partial charge is 0.479 e. The molecular formula is C21H20FNO3. The summed E-state index contributed by atoms with van der Waals surface area (Å²) in [5.74, 6) is -1.98. The van der Waals surface area contributed by atoms with Gasteiger partial charge in [0.2, 0.25) is 5.91 Å². The van der Waals surface area contributed by atoms with Gasteiger partial charge in [-0.25, -0.2) is 9.18 Å². The molecule has 3 atom stereocenters. The zero-order valence-electron chi connectivity index (χ0n) is 14.5. The Kier molecular flexibility index (Phi) is 3.83. The lowest BCUT2D eigenvalue weighted by atomic mass is 9.95. The number of rotatable bonds is 4. The summed E-state index contributed by atoms with van der Waals surface area (Å²) in [6.45, 7) is 1.57. The molecule has 1 saturated carbocycles. The Hall–Kier alpha value is -2.69. The molecule has 3 unspecified atom stereocenters. The van der Waals surface area contributed by atoms with Gasteiger partial charge in [-0.1, -0.05) is 36.4 Å². The van der Waals surface area contributed by atoms with Crippen LogP contribution in [0.4, 0.5) is 4.39 Å². The summed E-state index contributed by atoms with van der Waals surface area (Å²) in [5.41, 5.74) is 3.11. The maximum atomic E-state index is 13.5. The number of carbonyl (C=O) groups is 2. The second kappa shape index (κ2) is 5.94. The van der Waals surface area contributed by atoms with Gasteiger partial charge in [0.15, 0.2) is 6.04 Å². The Morgan fingerprint density at radius 1 is 1.27 bits per heavy atom. The Labute approximate surface area is 151 Å². The molecule has 0 aliphatic heterocycles. The van der Waals surface area contributed by atoms with Crippen molar-refractivity contribution in [3.05, 3.63) is 70.5 Å². The van der Waals surface area contributed by atoms with E-state index in [1.807, 2.05) is 12.1 Å². The molecule has 134 valence electrons. The van der Waals surface area contributed by atoms with Crippen molar-refractivity contribution in [2.24, 2.45) is 5.92 Å². The van der Waals surface area contributed by atoms with Crippen LogP contribution in [0.1, 0.15) is 41.1 Å². The first-order valence-corrected chi connectivity index (χ1v) is 8.80. The number of benzene rings is 2. The van der Waals surface area contributed by atoms with Crippen molar-refractivity contribution in [2.45, 2.75) is 37.6 Å². The van der Waals surface area contributed by atoms with Gasteiger partial charge in [-0.2, -0.15) is 0 Å². The van der Waals surface area contributed by atoms with Gasteiger partial charge in [0.05, 0.1) is 0 Å². The van der Waals surface area contributed by atoms with Crippen molar-refractivity contribution in [1.82, 2.24) is 5.32 Å². The molecule has 0 aromatic heterocycles. The van der Waals surface area contributed by atoms with Crippen molar-refractivity contribution in [2.75, 3.05) is 0 Å². The molecule has 0 bridgehead atoms. The standard InChI is InChI=1S/C21H20FNO3/c1-12-10-14(6-7-17(12)22)18(20(25)26)23-19(24)16-11-21(16)9-8-13-4-2-3-5-15(13)21/h2-7,10,16,18H,8-9,11H2,1H3,(H,23,24)(H,25,26). The van der Waals surface area contributed by atoms with Gasteiger partial charge >= 0.3 is 5.97 Å². The molecule has 4 rings (SSSR count). The van der Waals surface area contributed by atoms with Gasteiger partial charge in [0.25, 0.3) is 0 Å². The van der Waals surface area contributed by atoms with Gasteiger partial charge in [-0.3, -0.25) is 4.79 Å². The fourth-order valence-electron chi connectivity index (χ4n) is 4.32. The van der Waals surface area contributed by atoms with E-state index in [2.05, 4.69) is 17.4 Å². The highest BCUT2D eigenvalue weighted by molar-refractivity contribution is 5.89. The number of nitrogens with one attached hydrogen (secondary N) is 1. The zero-order valence-corrected chi connectivity index (χ0v) is 14.5. The molecule has 1 spiro atoms. The molecule has 2 aliphatic rings. The molecule has 2 N–H and O–H groups in total. The number of fused-ring (bicyclic) bond motifs is 2. The number of carbonyl (C=O) groups excluding carboxylic acids is 1. The number of hydrogen-bond donors (Lipinski definition) is 2. The first-order valence-electron chi connectivity index (χ1n) is 8.80. The number of aryl methyl sites for hydroxylation is 2. The van der Waals surface area contributed by atoms with Crippen molar-refractivity contribution in [3.63, 3.8) is 0 Å². The first-order chi connectivity index (χ1) is 12.4. The molecule has 4 nitrogen and oxygen atoms in total. The molecule has 2 aliphatic carbocycles. The number of carboxylic acids is 1. The van der Waals surface area contributed by atoms with E-state index in [-0.39, 0.29) is 17.2 Å². The number of halogens is 1. The number of amides is 1. The average molecular weight is 353 g/mol. The van der Waals surface area contributed by atoms with Gasteiger partial charge < -0.3 is 10.4 Å². The highest BCUT2D eigenvalue weighted by Gasteiger charge is 2.61. The summed E-state index contributed by atoms with van der Waals surface area (Å²) in [6.07, 6.45) is 2.64. The second-order valence-corrected chi connectivity index (χ2v) is 7.36. The normalized spacial score (nSPS) is 24.2. The van der Waals surface area contributed by atoms with E-state index in [0.717, 1.165) is 19.3 Å². The van der Waals surface area contributed by atoms with Gasteiger partial charge in [-0.15, -0.1) is 0 Å². The maximum absolute atomic E-state index is 13.5. The van der Waals surface area contributed by atoms with Crippen LogP contribution in [0.3, 0.4) is 0 Å². The average Bonchev–Trinajstić information content (AvgIpc) is 3.24. The quantitative estimate of drug-likeness (QED) is 0.886. The third-order valence-corrected chi connectivity index (χ3v) is 5.83. The lowest BCUT2D eigenvalue weighted by molar-refractivity contribution is -0.142. The van der Waals surface area contributed by atoms with Crippen LogP contribution >= 0.6 is 0 Å². The van der Waals surface area contributed by atoms with Crippen molar-refractivity contribution < 1.29 is 19.1 Å². The smallest absolute Gasteiger partial charge is 0.330 e. The van der Waals surface area contributed by atoms with E-state index in [4.69, 9.17) is 0 Å². The van der Waals surface area contributed by atoms with Gasteiger partial charge in [0, 0.05) is 11.3 Å². The van der Waals surface area contributed by atoms with E-state index < -0.39 is 17.8 Å². The number of hydrogen-bond acceptors (Lipinski definition) is 2. The topological polar surface area (TPSA) is 66.4 Å². The summed E-state index contributed by atoms with van der Waals surface area (Å²) in [7, 11) is 0. The molecule has 2 aromatic rings. The van der Waals surface area contributed by atoms with E-state index in [0.29, 0.717) is 11.1 Å². The highest BCUT2D eigenvalue weighted by Crippen LogP contribution is 2.61. The molecule has 0 saturated heterocycles. The van der Waals surface area contributed by atoms with E-state index in [1.54, 1.807) is 6.92 Å². The first kappa shape index (κ1) is 16.8. The zero-order chi connectivity index (χ0) is 18.5. The Morgan fingerprint density at radius 2 is 2.04 bits per heavy atom. The lowest BCUT2D eigenvalue weighted by Crippen LogP contribution is -2.36. The predicted molar refractivity (Wildman–Crippen MR) is 94.2 cm³/mol. The van der Waals surface area contributed by atoms with E-state index >= 15 is 0 Å². The minimum Gasteiger partial charge on any atom is -0.479 e. The molecule has 0 radical (unpaired) electrons. The maximum Gasteiger partial charge on any atom is 0.330 e. The monoisotopic (exact) mass is 353 g/mol. The van der Waals surface area contributed by atoms with Crippen molar-refractivity contribution in [3.8, 4) is 0 Å². The minimum absolute atomic E-state index is 0.136. The molecule has 1 amide bonds. The number of aliphatic carboxylic acids is 1. The number of carboxylic acid groups (broad SMARTS) is 1. The molecule has 5 heteroatoms. The fourth-order valence-corrected chi connectivity index (χ4v) is 4.32. The van der Waals surface area contributed by atoms with Crippen LogP contribution in [0.5, 0.6) is 0 Å². The Morgan fingerprint density at radius 3 is 2.77 bits per heavy atom. The Balaban J connectivity index is 1.54. The SMILES string of the molecule is Cc1cc(C(NC(=O)C2CC23CCc2ccccc23)C(=O)O)ccc1F. The van der Waals surface area contributed by atoms with Crippen LogP contribution in [-0.2, 0) is 21.4 Å². The fraction of sp³-hybridized carbons (Fsp3) is 0.333. The van der Waals surface area contributed by atoms with Crippen LogP contribution in [0.2, 0.25) is 0 Å². The molecule has 0 heterocycles. The summed E-state index contributed by atoms with van der Waals surface area (Å²) >= 11 is 0. The summed E-state index contributed by atoms with van der Waals surface area (Å²) < 4.78 is 13.5. The molecule has 26 heavy (non-hydrogen) atoms. The highest BCUT2D eigenvalue weighted by atomic mass is 19.1. The second-order valence-electron chi connectivity index (χ2n) is 7.36. The third-order valence-electron chi connectivity index (χ3n) is 5.83. The van der Waals surface area contributed by atoms with Gasteiger partial charge in [-0.05, 0) is 54.5 Å². The van der Waals surface area contributed by atoms with Crippen LogP contribution in [0.15, 0.2) is 42.5 Å². The van der Waals surface area contributed by atoms with Gasteiger partial charge in [0.1, 0.15) is 5.82 Å². The minimum atomic E-state index is -1.17. The summed E-state index contributed by atoms with van der Waals surface area (Å²) in [6, 6.07) is 11.1. The molecule has 2 aromatic carbocycles. The van der Waals surface area contributed by atoms with Crippen LogP contribution < -0.4 is 5.32 Å². The van der Waals surface area contributed by atoms with Crippen LogP contribution in [0, 0.1) is 18.7 Å². The predicted octanol–water partition coefficient (Wildman–Crippen LogP) is 3.28. The van der Waals surface area contributed by atoms with Crippen LogP contribution in [0.25, 0.3) is 0 Å². The van der Waals surface area contributed by atoms with E-state index in [1.165, 1.54) is 29.3 Å².